The molecule has 0 saturated heterocycles. The van der Waals surface area contributed by atoms with Crippen molar-refractivity contribution < 1.29 is 9.53 Å². The zero-order valence-corrected chi connectivity index (χ0v) is 12.5. The van der Waals surface area contributed by atoms with Gasteiger partial charge in [0.1, 0.15) is 0 Å². The van der Waals surface area contributed by atoms with Crippen LogP contribution < -0.4 is 0 Å². The summed E-state index contributed by atoms with van der Waals surface area (Å²) in [4.78, 5) is 12.5. The van der Waals surface area contributed by atoms with E-state index in [9.17, 15) is 4.79 Å². The Kier molecular flexibility index (Phi) is 2.93. The van der Waals surface area contributed by atoms with E-state index in [-0.39, 0.29) is 29.6 Å². The van der Waals surface area contributed by atoms with Crippen molar-refractivity contribution in [2.24, 2.45) is 11.8 Å². The molecular formula is C20H18O2. The number of carbonyl (C=O) groups is 1. The van der Waals surface area contributed by atoms with Crippen molar-refractivity contribution in [3.05, 3.63) is 83.4 Å². The van der Waals surface area contributed by atoms with Crippen molar-refractivity contribution in [2.45, 2.75) is 11.8 Å². The smallest absolute Gasteiger partial charge is 0.310 e. The van der Waals surface area contributed by atoms with Gasteiger partial charge in [0.15, 0.2) is 0 Å². The SMILES string of the molecule is C=C[C@H]1C2c3ccccc3C(c3ccccc32)[C@@H]1C(=O)OC. The van der Waals surface area contributed by atoms with E-state index in [2.05, 4.69) is 55.1 Å². The normalized spacial score (nSPS) is 27.7. The Hall–Kier alpha value is -2.35. The van der Waals surface area contributed by atoms with E-state index in [1.165, 1.54) is 29.4 Å². The maximum Gasteiger partial charge on any atom is 0.310 e. The van der Waals surface area contributed by atoms with Crippen LogP contribution in [0.2, 0.25) is 0 Å². The molecule has 0 unspecified atom stereocenters. The summed E-state index contributed by atoms with van der Waals surface area (Å²) in [6.07, 6.45) is 1.94. The molecule has 110 valence electrons. The molecule has 0 spiro atoms. The van der Waals surface area contributed by atoms with Crippen molar-refractivity contribution in [2.75, 3.05) is 7.11 Å². The third kappa shape index (κ3) is 1.58. The molecule has 0 saturated carbocycles. The second kappa shape index (κ2) is 4.84. The summed E-state index contributed by atoms with van der Waals surface area (Å²) < 4.78 is 5.12. The third-order valence-corrected chi connectivity index (χ3v) is 5.24. The van der Waals surface area contributed by atoms with Gasteiger partial charge in [-0.25, -0.2) is 0 Å². The number of rotatable bonds is 2. The van der Waals surface area contributed by atoms with Crippen LogP contribution in [0.15, 0.2) is 61.2 Å². The molecule has 0 amide bonds. The molecule has 2 nitrogen and oxygen atoms in total. The Balaban J connectivity index is 2.02. The first-order chi connectivity index (χ1) is 10.8. The highest BCUT2D eigenvalue weighted by molar-refractivity contribution is 5.78. The minimum Gasteiger partial charge on any atom is -0.469 e. The highest BCUT2D eigenvalue weighted by atomic mass is 16.5. The zero-order chi connectivity index (χ0) is 15.3. The van der Waals surface area contributed by atoms with Gasteiger partial charge in [-0.3, -0.25) is 4.79 Å². The number of hydrogen-bond donors (Lipinski definition) is 0. The maximum absolute atomic E-state index is 12.5. The van der Waals surface area contributed by atoms with Crippen molar-refractivity contribution in [3.63, 3.8) is 0 Å². The molecule has 2 aromatic rings. The van der Waals surface area contributed by atoms with E-state index >= 15 is 0 Å². The van der Waals surface area contributed by atoms with Crippen LogP contribution in [0.1, 0.15) is 34.1 Å². The Labute approximate surface area is 130 Å². The minimum atomic E-state index is -0.183. The molecule has 0 fully saturated rings. The van der Waals surface area contributed by atoms with Crippen LogP contribution in [0, 0.1) is 11.8 Å². The Morgan fingerprint density at radius 1 is 0.955 bits per heavy atom. The summed E-state index contributed by atoms with van der Waals surface area (Å²) >= 11 is 0. The lowest BCUT2D eigenvalue weighted by Gasteiger charge is -2.48. The maximum atomic E-state index is 12.5. The van der Waals surface area contributed by atoms with Gasteiger partial charge in [-0.05, 0) is 22.3 Å². The molecule has 2 bridgehead atoms. The molecule has 2 atom stereocenters. The fourth-order valence-electron chi connectivity index (χ4n) is 4.43. The number of esters is 1. The molecule has 5 rings (SSSR count). The standard InChI is InChI=1S/C20H18O2/c1-3-12-17-13-8-4-6-10-15(13)18(19(12)20(21)22-2)16-11-7-5-9-14(16)17/h3-12,17-19H,1H2,2H3/t12-,17?,18?,19+/m0/s1. The zero-order valence-electron chi connectivity index (χ0n) is 12.5. The molecule has 0 aliphatic heterocycles. The summed E-state index contributed by atoms with van der Waals surface area (Å²) in [5, 5.41) is 0. The number of allylic oxidation sites excluding steroid dienone is 1. The highest BCUT2D eigenvalue weighted by Gasteiger charge is 2.51. The van der Waals surface area contributed by atoms with Gasteiger partial charge in [-0.15, -0.1) is 6.58 Å². The predicted octanol–water partition coefficient (Wildman–Crippen LogP) is 3.87. The number of fused-ring (bicyclic) bond motifs is 1. The summed E-state index contributed by atoms with van der Waals surface area (Å²) in [6, 6.07) is 16.9. The quantitative estimate of drug-likeness (QED) is 0.620. The van der Waals surface area contributed by atoms with Gasteiger partial charge in [0, 0.05) is 17.8 Å². The Morgan fingerprint density at radius 3 is 1.82 bits per heavy atom. The lowest BCUT2D eigenvalue weighted by atomic mass is 9.54. The van der Waals surface area contributed by atoms with E-state index in [0.29, 0.717) is 0 Å². The molecule has 22 heavy (non-hydrogen) atoms. The summed E-state index contributed by atoms with van der Waals surface area (Å²) in [7, 11) is 1.47. The average Bonchev–Trinajstić information content (AvgIpc) is 2.60. The monoisotopic (exact) mass is 290 g/mol. The van der Waals surface area contributed by atoms with Gasteiger partial charge in [0.25, 0.3) is 0 Å². The molecule has 0 radical (unpaired) electrons. The van der Waals surface area contributed by atoms with Crippen molar-refractivity contribution in [3.8, 4) is 0 Å². The Bertz CT molecular complexity index is 714. The molecule has 0 heterocycles. The second-order valence-corrected chi connectivity index (χ2v) is 6.08. The second-order valence-electron chi connectivity index (χ2n) is 6.08. The van der Waals surface area contributed by atoms with Crippen LogP contribution in [0.3, 0.4) is 0 Å². The van der Waals surface area contributed by atoms with Gasteiger partial charge in [-0.2, -0.15) is 0 Å². The first-order valence-corrected chi connectivity index (χ1v) is 7.66. The van der Waals surface area contributed by atoms with Crippen molar-refractivity contribution in [1.82, 2.24) is 0 Å². The molecule has 3 aliphatic carbocycles. The Morgan fingerprint density at radius 2 is 1.41 bits per heavy atom. The van der Waals surface area contributed by atoms with E-state index in [1.54, 1.807) is 0 Å². The van der Waals surface area contributed by atoms with Crippen molar-refractivity contribution in [1.29, 1.82) is 0 Å². The van der Waals surface area contributed by atoms with Crippen LogP contribution in [-0.2, 0) is 9.53 Å². The number of carbonyl (C=O) groups excluding carboxylic acids is 1. The molecule has 2 heteroatoms. The minimum absolute atomic E-state index is 0.0628. The van der Waals surface area contributed by atoms with Gasteiger partial charge >= 0.3 is 5.97 Å². The lowest BCUT2D eigenvalue weighted by Crippen LogP contribution is -2.43. The fourth-order valence-corrected chi connectivity index (χ4v) is 4.43. The van der Waals surface area contributed by atoms with Gasteiger partial charge in [0.2, 0.25) is 0 Å². The summed E-state index contributed by atoms with van der Waals surface area (Å²) in [6.45, 7) is 4.01. The largest absolute Gasteiger partial charge is 0.469 e. The van der Waals surface area contributed by atoms with E-state index in [1.807, 2.05) is 6.08 Å². The number of benzene rings is 2. The first-order valence-electron chi connectivity index (χ1n) is 7.66. The number of methoxy groups -OCH3 is 1. The van der Waals surface area contributed by atoms with Crippen LogP contribution in [0.5, 0.6) is 0 Å². The van der Waals surface area contributed by atoms with Gasteiger partial charge in [-0.1, -0.05) is 54.6 Å². The molecular weight excluding hydrogens is 272 g/mol. The van der Waals surface area contributed by atoms with Crippen LogP contribution in [0.25, 0.3) is 0 Å². The first kappa shape index (κ1) is 13.3. The molecule has 3 aliphatic rings. The topological polar surface area (TPSA) is 26.3 Å². The van der Waals surface area contributed by atoms with Gasteiger partial charge < -0.3 is 4.74 Å². The molecule has 2 aromatic carbocycles. The number of hydrogen-bond acceptors (Lipinski definition) is 2. The summed E-state index contributed by atoms with van der Waals surface area (Å²) in [5.74, 6) is 0.0234. The van der Waals surface area contributed by atoms with Crippen LogP contribution in [0.4, 0.5) is 0 Å². The van der Waals surface area contributed by atoms with E-state index in [0.717, 1.165) is 0 Å². The summed E-state index contributed by atoms with van der Waals surface area (Å²) in [5.41, 5.74) is 5.19. The average molecular weight is 290 g/mol. The third-order valence-electron chi connectivity index (χ3n) is 5.24. The predicted molar refractivity (Wildman–Crippen MR) is 85.8 cm³/mol. The number of ether oxygens (including phenoxy) is 1. The van der Waals surface area contributed by atoms with Crippen molar-refractivity contribution >= 4 is 5.97 Å². The molecule has 0 aromatic heterocycles. The van der Waals surface area contributed by atoms with E-state index in [4.69, 9.17) is 4.74 Å². The fraction of sp³-hybridized carbons (Fsp3) is 0.250. The van der Waals surface area contributed by atoms with Crippen LogP contribution in [-0.4, -0.2) is 13.1 Å². The molecule has 0 N–H and O–H groups in total. The highest BCUT2D eigenvalue weighted by Crippen LogP contribution is 2.58. The van der Waals surface area contributed by atoms with Crippen LogP contribution >= 0.6 is 0 Å². The lowest BCUT2D eigenvalue weighted by molar-refractivity contribution is -0.148. The van der Waals surface area contributed by atoms with Gasteiger partial charge in [0.05, 0.1) is 13.0 Å². The van der Waals surface area contributed by atoms with E-state index < -0.39 is 0 Å².